The van der Waals surface area contributed by atoms with Gasteiger partial charge in [0.15, 0.2) is 0 Å². The highest BCUT2D eigenvalue weighted by Gasteiger charge is 2.30. The zero-order chi connectivity index (χ0) is 14.4. The number of morpholine rings is 1. The van der Waals surface area contributed by atoms with Gasteiger partial charge in [-0.1, -0.05) is 0 Å². The molecule has 1 aliphatic heterocycles. The first kappa shape index (κ1) is 16.1. The first-order valence-corrected chi connectivity index (χ1v) is 7.75. The smallest absolute Gasteiger partial charge is 0.326 e. The van der Waals surface area contributed by atoms with Crippen molar-refractivity contribution in [3.8, 4) is 0 Å². The van der Waals surface area contributed by atoms with Crippen LogP contribution in [0.2, 0.25) is 0 Å². The quantitative estimate of drug-likeness (QED) is 0.790. The molecule has 0 aromatic heterocycles. The number of urea groups is 1. The number of ether oxygens (including phenoxy) is 1. The highest BCUT2D eigenvalue weighted by Crippen LogP contribution is 2.12. The van der Waals surface area contributed by atoms with E-state index in [9.17, 15) is 9.59 Å². The lowest BCUT2D eigenvalue weighted by atomic mass is 10.2. The fourth-order valence-electron chi connectivity index (χ4n) is 1.91. The summed E-state index contributed by atoms with van der Waals surface area (Å²) in [6.07, 6.45) is 2.32. The molecule has 1 aliphatic rings. The van der Waals surface area contributed by atoms with Crippen LogP contribution in [-0.4, -0.2) is 65.4 Å². The Balaban J connectivity index is 2.57. The van der Waals surface area contributed by atoms with E-state index in [2.05, 4.69) is 5.32 Å². The van der Waals surface area contributed by atoms with Gasteiger partial charge in [0.25, 0.3) is 0 Å². The van der Waals surface area contributed by atoms with Crippen molar-refractivity contribution in [3.05, 3.63) is 0 Å². The van der Waals surface area contributed by atoms with Crippen molar-refractivity contribution in [2.75, 3.05) is 25.2 Å². The van der Waals surface area contributed by atoms with Crippen LogP contribution in [0.4, 0.5) is 4.79 Å². The summed E-state index contributed by atoms with van der Waals surface area (Å²) in [5.41, 5.74) is 0. The third kappa shape index (κ3) is 4.91. The van der Waals surface area contributed by atoms with Crippen molar-refractivity contribution >= 4 is 23.8 Å². The molecule has 1 fully saturated rings. The van der Waals surface area contributed by atoms with Crippen molar-refractivity contribution in [1.29, 1.82) is 0 Å². The van der Waals surface area contributed by atoms with Crippen LogP contribution in [0.15, 0.2) is 0 Å². The molecule has 0 aromatic rings. The molecule has 3 atom stereocenters. The van der Waals surface area contributed by atoms with E-state index >= 15 is 0 Å². The van der Waals surface area contributed by atoms with E-state index in [4.69, 9.17) is 9.84 Å². The predicted molar refractivity (Wildman–Crippen MR) is 74.5 cm³/mol. The van der Waals surface area contributed by atoms with Crippen molar-refractivity contribution in [2.45, 2.75) is 38.5 Å². The molecule has 0 saturated carbocycles. The lowest BCUT2D eigenvalue weighted by molar-refractivity contribution is -0.139. The summed E-state index contributed by atoms with van der Waals surface area (Å²) in [6.45, 7) is 4.76. The molecule has 1 saturated heterocycles. The average molecular weight is 290 g/mol. The molecular formula is C12H22N2O4S. The Kier molecular flexibility index (Phi) is 6.44. The minimum absolute atomic E-state index is 0.0172. The fraction of sp³-hybridized carbons (Fsp3) is 0.833. The first-order chi connectivity index (χ1) is 8.95. The summed E-state index contributed by atoms with van der Waals surface area (Å²) in [7, 11) is 0. The largest absolute Gasteiger partial charge is 0.480 e. The van der Waals surface area contributed by atoms with E-state index in [1.165, 1.54) is 0 Å². The molecular weight excluding hydrogens is 268 g/mol. The highest BCUT2D eigenvalue weighted by atomic mass is 32.2. The fourth-order valence-corrected chi connectivity index (χ4v) is 2.38. The molecule has 0 aromatic carbocycles. The maximum absolute atomic E-state index is 12.1. The number of amides is 2. The number of hydrogen-bond donors (Lipinski definition) is 2. The molecule has 0 aliphatic carbocycles. The van der Waals surface area contributed by atoms with Gasteiger partial charge in [0, 0.05) is 6.54 Å². The van der Waals surface area contributed by atoms with Gasteiger partial charge in [-0.2, -0.15) is 11.8 Å². The summed E-state index contributed by atoms with van der Waals surface area (Å²) in [6, 6.07) is -1.19. The van der Waals surface area contributed by atoms with Crippen molar-refractivity contribution < 1.29 is 19.4 Å². The minimum Gasteiger partial charge on any atom is -0.480 e. The number of rotatable bonds is 5. The van der Waals surface area contributed by atoms with E-state index in [0.717, 1.165) is 0 Å². The average Bonchev–Trinajstić information content (AvgIpc) is 2.36. The molecule has 3 unspecified atom stereocenters. The second-order valence-electron chi connectivity index (χ2n) is 4.77. The van der Waals surface area contributed by atoms with E-state index in [1.807, 2.05) is 20.1 Å². The molecule has 6 nitrogen and oxygen atoms in total. The number of carboxylic acid groups (broad SMARTS) is 1. The molecule has 0 spiro atoms. The normalized spacial score (nSPS) is 24.9. The second-order valence-corrected chi connectivity index (χ2v) is 5.75. The van der Waals surface area contributed by atoms with Crippen molar-refractivity contribution in [3.63, 3.8) is 0 Å². The van der Waals surface area contributed by atoms with Crippen molar-refractivity contribution in [1.82, 2.24) is 10.2 Å². The molecule has 1 rings (SSSR count). The van der Waals surface area contributed by atoms with Gasteiger partial charge in [-0.25, -0.2) is 9.59 Å². The number of carbonyl (C=O) groups is 2. The van der Waals surface area contributed by atoms with Crippen LogP contribution in [0.5, 0.6) is 0 Å². The molecule has 0 radical (unpaired) electrons. The molecule has 1 heterocycles. The van der Waals surface area contributed by atoms with Crippen LogP contribution in [0.25, 0.3) is 0 Å². The van der Waals surface area contributed by atoms with Gasteiger partial charge in [-0.05, 0) is 32.3 Å². The van der Waals surface area contributed by atoms with Crippen LogP contribution < -0.4 is 5.32 Å². The number of carboxylic acids is 1. The van der Waals surface area contributed by atoms with Crippen LogP contribution >= 0.6 is 11.8 Å². The van der Waals surface area contributed by atoms with E-state index < -0.39 is 12.0 Å². The van der Waals surface area contributed by atoms with E-state index in [-0.39, 0.29) is 18.2 Å². The Bertz CT molecular complexity index is 327. The van der Waals surface area contributed by atoms with Gasteiger partial charge in [0.1, 0.15) is 6.04 Å². The third-order valence-corrected chi connectivity index (χ3v) is 3.72. The SMILES string of the molecule is CSCCC(NC(=O)N1CC(C)OCC1C)C(=O)O. The highest BCUT2D eigenvalue weighted by molar-refractivity contribution is 7.98. The summed E-state index contributed by atoms with van der Waals surface area (Å²) >= 11 is 1.56. The monoisotopic (exact) mass is 290 g/mol. The van der Waals surface area contributed by atoms with Crippen LogP contribution in [0.1, 0.15) is 20.3 Å². The Morgan fingerprint density at radius 2 is 2.21 bits per heavy atom. The van der Waals surface area contributed by atoms with Gasteiger partial charge in [-0.15, -0.1) is 0 Å². The predicted octanol–water partition coefficient (Wildman–Crippen LogP) is 1.01. The maximum Gasteiger partial charge on any atom is 0.326 e. The summed E-state index contributed by atoms with van der Waals surface area (Å²) in [5.74, 6) is -0.289. The third-order valence-electron chi connectivity index (χ3n) is 3.08. The van der Waals surface area contributed by atoms with Gasteiger partial charge in [0.05, 0.1) is 18.8 Å². The maximum atomic E-state index is 12.1. The minimum atomic E-state index is -0.989. The zero-order valence-electron chi connectivity index (χ0n) is 11.6. The molecule has 7 heteroatoms. The molecule has 19 heavy (non-hydrogen) atoms. The zero-order valence-corrected chi connectivity index (χ0v) is 12.4. The topological polar surface area (TPSA) is 78.9 Å². The molecule has 2 amide bonds. The van der Waals surface area contributed by atoms with Gasteiger partial charge >= 0.3 is 12.0 Å². The van der Waals surface area contributed by atoms with Gasteiger partial charge in [-0.3, -0.25) is 0 Å². The lowest BCUT2D eigenvalue weighted by Crippen LogP contribution is -2.56. The van der Waals surface area contributed by atoms with Crippen molar-refractivity contribution in [2.24, 2.45) is 0 Å². The number of nitrogens with zero attached hydrogens (tertiary/aromatic N) is 1. The molecule has 0 bridgehead atoms. The lowest BCUT2D eigenvalue weighted by Gasteiger charge is -2.37. The van der Waals surface area contributed by atoms with E-state index in [0.29, 0.717) is 25.3 Å². The van der Waals surface area contributed by atoms with Gasteiger partial charge in [0.2, 0.25) is 0 Å². The number of nitrogens with one attached hydrogen (secondary N) is 1. The van der Waals surface area contributed by atoms with E-state index in [1.54, 1.807) is 16.7 Å². The number of carbonyl (C=O) groups excluding carboxylic acids is 1. The number of thioether (sulfide) groups is 1. The molecule has 110 valence electrons. The Morgan fingerprint density at radius 3 is 2.79 bits per heavy atom. The number of hydrogen-bond acceptors (Lipinski definition) is 4. The summed E-state index contributed by atoms with van der Waals surface area (Å²) in [5, 5.41) is 11.7. The van der Waals surface area contributed by atoms with Crippen LogP contribution in [-0.2, 0) is 9.53 Å². The Labute approximate surface area is 117 Å². The second kappa shape index (κ2) is 7.59. The standard InChI is InChI=1S/C12H22N2O4S/c1-8-7-18-9(2)6-14(8)12(17)13-10(11(15)16)4-5-19-3/h8-10H,4-7H2,1-3H3,(H,13,17)(H,15,16). The molecule has 2 N–H and O–H groups in total. The number of aliphatic carboxylic acids is 1. The van der Waals surface area contributed by atoms with Crippen LogP contribution in [0, 0.1) is 0 Å². The Hall–Kier alpha value is -0.950. The summed E-state index contributed by atoms with van der Waals surface area (Å²) < 4.78 is 5.45. The first-order valence-electron chi connectivity index (χ1n) is 6.36. The van der Waals surface area contributed by atoms with Gasteiger partial charge < -0.3 is 20.1 Å². The Morgan fingerprint density at radius 1 is 1.53 bits per heavy atom. The van der Waals surface area contributed by atoms with Crippen LogP contribution in [0.3, 0.4) is 0 Å². The summed E-state index contributed by atoms with van der Waals surface area (Å²) in [4.78, 5) is 24.9.